The highest BCUT2D eigenvalue weighted by molar-refractivity contribution is 6.30. The maximum absolute atomic E-state index is 9.96. The molecule has 6 nitrogen and oxygen atoms in total. The summed E-state index contributed by atoms with van der Waals surface area (Å²) in [6.45, 7) is 0. The van der Waals surface area contributed by atoms with Crippen LogP contribution in [0.5, 0.6) is 0 Å². The Morgan fingerprint density at radius 3 is 2.81 bits per heavy atom. The summed E-state index contributed by atoms with van der Waals surface area (Å²) in [6.07, 6.45) is 4.08. The summed E-state index contributed by atoms with van der Waals surface area (Å²) in [6, 6.07) is 13.2. The van der Waals surface area contributed by atoms with Crippen LogP contribution in [0.1, 0.15) is 42.4 Å². The molecule has 0 unspecified atom stereocenters. The average molecular weight is 384 g/mol. The first kappa shape index (κ1) is 18.1. The average Bonchev–Trinajstić information content (AvgIpc) is 3.08. The van der Waals surface area contributed by atoms with E-state index >= 15 is 0 Å². The highest BCUT2D eigenvalue weighted by Crippen LogP contribution is 2.32. The van der Waals surface area contributed by atoms with E-state index in [2.05, 4.69) is 4.98 Å². The summed E-state index contributed by atoms with van der Waals surface area (Å²) < 4.78 is 1.81. The molecule has 0 radical (unpaired) electrons. The molecule has 1 aliphatic carbocycles. The van der Waals surface area contributed by atoms with Crippen LogP contribution in [0.4, 0.5) is 0 Å². The number of pyridine rings is 1. The summed E-state index contributed by atoms with van der Waals surface area (Å²) in [5.41, 5.74) is 7.16. The molecule has 0 aliphatic heterocycles. The van der Waals surface area contributed by atoms with E-state index in [1.807, 2.05) is 47.1 Å². The lowest BCUT2D eigenvalue weighted by molar-refractivity contribution is 0.0989. The second-order valence-corrected chi connectivity index (χ2v) is 7.47. The zero-order valence-corrected chi connectivity index (χ0v) is 15.6. The van der Waals surface area contributed by atoms with Gasteiger partial charge in [0.25, 0.3) is 0 Å². The van der Waals surface area contributed by atoms with Crippen LogP contribution in [0.15, 0.2) is 48.7 Å². The molecule has 140 valence electrons. The van der Waals surface area contributed by atoms with Crippen molar-refractivity contribution in [3.05, 3.63) is 70.9 Å². The van der Waals surface area contributed by atoms with Gasteiger partial charge in [-0.15, -0.1) is 5.10 Å². The van der Waals surface area contributed by atoms with Crippen molar-refractivity contribution in [3.8, 4) is 5.82 Å². The number of nitrogens with two attached hydrogens (primary N) is 1. The Kier molecular flexibility index (Phi) is 5.20. The van der Waals surface area contributed by atoms with Gasteiger partial charge in [-0.3, -0.25) is 0 Å². The van der Waals surface area contributed by atoms with Crippen LogP contribution >= 0.6 is 11.6 Å². The van der Waals surface area contributed by atoms with Crippen LogP contribution in [0.25, 0.3) is 5.82 Å². The number of aliphatic hydroxyl groups excluding tert-OH is 1. The summed E-state index contributed by atoms with van der Waals surface area (Å²) in [5, 5.41) is 15.4. The number of rotatable bonds is 4. The molecule has 3 N–H and O–H groups in total. The number of halogens is 1. The van der Waals surface area contributed by atoms with Gasteiger partial charge in [-0.05, 0) is 49.1 Å². The van der Waals surface area contributed by atoms with Gasteiger partial charge in [0.05, 0.1) is 6.10 Å². The first-order valence-electron chi connectivity index (χ1n) is 9.15. The van der Waals surface area contributed by atoms with Crippen molar-refractivity contribution < 1.29 is 5.11 Å². The third-order valence-corrected chi connectivity index (χ3v) is 5.26. The molecule has 27 heavy (non-hydrogen) atoms. The van der Waals surface area contributed by atoms with Gasteiger partial charge in [-0.2, -0.15) is 4.68 Å². The molecule has 2 heterocycles. The molecule has 1 fully saturated rings. The number of aromatic nitrogens is 4. The van der Waals surface area contributed by atoms with E-state index in [0.717, 1.165) is 29.5 Å². The van der Waals surface area contributed by atoms with Crippen molar-refractivity contribution >= 4 is 11.6 Å². The normalized spacial score (nSPS) is 22.7. The van der Waals surface area contributed by atoms with E-state index in [-0.39, 0.29) is 12.0 Å². The molecule has 4 rings (SSSR count). The van der Waals surface area contributed by atoms with E-state index in [1.165, 1.54) is 0 Å². The second-order valence-electron chi connectivity index (χ2n) is 7.03. The van der Waals surface area contributed by atoms with Crippen molar-refractivity contribution in [1.29, 1.82) is 0 Å². The fourth-order valence-electron chi connectivity index (χ4n) is 3.61. The zero-order chi connectivity index (χ0) is 18.8. The fourth-order valence-corrected chi connectivity index (χ4v) is 3.82. The number of hydrogen-bond donors (Lipinski definition) is 2. The van der Waals surface area contributed by atoms with Crippen LogP contribution in [0.3, 0.4) is 0 Å². The highest BCUT2D eigenvalue weighted by atomic mass is 35.5. The highest BCUT2D eigenvalue weighted by Gasteiger charge is 2.31. The molecule has 3 aromatic rings. The predicted octanol–water partition coefficient (Wildman–Crippen LogP) is 2.86. The van der Waals surface area contributed by atoms with Crippen LogP contribution in [0, 0.1) is 0 Å². The summed E-state index contributed by atoms with van der Waals surface area (Å²) >= 11 is 6.10. The molecular weight excluding hydrogens is 362 g/mol. The summed E-state index contributed by atoms with van der Waals surface area (Å²) in [7, 11) is 0. The Labute approximate surface area is 163 Å². The van der Waals surface area contributed by atoms with Gasteiger partial charge in [-0.1, -0.05) is 29.8 Å². The molecule has 1 saturated carbocycles. The molecule has 3 atom stereocenters. The summed E-state index contributed by atoms with van der Waals surface area (Å²) in [5.74, 6) is 2.45. The topological polar surface area (TPSA) is 89.9 Å². The van der Waals surface area contributed by atoms with E-state index in [0.29, 0.717) is 24.3 Å². The molecule has 2 aromatic heterocycles. The lowest BCUT2D eigenvalue weighted by atomic mass is 9.83. The lowest BCUT2D eigenvalue weighted by Gasteiger charge is -2.30. The van der Waals surface area contributed by atoms with Crippen molar-refractivity contribution in [3.63, 3.8) is 0 Å². The monoisotopic (exact) mass is 383 g/mol. The molecule has 0 spiro atoms. The Hall–Kier alpha value is -2.28. The third-order valence-electron chi connectivity index (χ3n) is 5.02. The van der Waals surface area contributed by atoms with Crippen LogP contribution < -0.4 is 5.73 Å². The number of benzene rings is 1. The predicted molar refractivity (Wildman–Crippen MR) is 104 cm³/mol. The van der Waals surface area contributed by atoms with Gasteiger partial charge in [-0.25, -0.2) is 9.97 Å². The molecular formula is C20H22ClN5O. The van der Waals surface area contributed by atoms with Gasteiger partial charge in [0, 0.05) is 29.6 Å². The fraction of sp³-hybridized carbons (Fsp3) is 0.350. The van der Waals surface area contributed by atoms with E-state index in [4.69, 9.17) is 27.4 Å². The van der Waals surface area contributed by atoms with E-state index < -0.39 is 6.10 Å². The van der Waals surface area contributed by atoms with Gasteiger partial charge in [0.2, 0.25) is 0 Å². The van der Waals surface area contributed by atoms with Gasteiger partial charge < -0.3 is 10.8 Å². The number of aliphatic hydroxyl groups is 1. The molecule has 0 saturated heterocycles. The molecule has 1 aliphatic rings. The van der Waals surface area contributed by atoms with Crippen LogP contribution in [-0.2, 0) is 6.42 Å². The minimum absolute atomic E-state index is 0.144. The van der Waals surface area contributed by atoms with Gasteiger partial charge >= 0.3 is 0 Å². The Morgan fingerprint density at radius 2 is 2.07 bits per heavy atom. The molecule has 0 amide bonds. The van der Waals surface area contributed by atoms with E-state index in [1.54, 1.807) is 6.20 Å². The minimum atomic E-state index is -0.446. The smallest absolute Gasteiger partial charge is 0.155 e. The molecule has 7 heteroatoms. The number of nitrogens with zero attached hydrogens (tertiary/aromatic N) is 4. The minimum Gasteiger partial charge on any atom is -0.392 e. The van der Waals surface area contributed by atoms with Crippen LogP contribution in [0.2, 0.25) is 5.02 Å². The lowest BCUT2D eigenvalue weighted by Crippen LogP contribution is -2.40. The van der Waals surface area contributed by atoms with Crippen molar-refractivity contribution in [2.24, 2.45) is 5.73 Å². The second kappa shape index (κ2) is 7.76. The van der Waals surface area contributed by atoms with Crippen molar-refractivity contribution in [2.75, 3.05) is 0 Å². The van der Waals surface area contributed by atoms with Crippen molar-refractivity contribution in [2.45, 2.75) is 43.7 Å². The first-order chi connectivity index (χ1) is 13.1. The van der Waals surface area contributed by atoms with Gasteiger partial charge in [0.1, 0.15) is 5.82 Å². The number of hydrogen-bond acceptors (Lipinski definition) is 5. The summed E-state index contributed by atoms with van der Waals surface area (Å²) in [4.78, 5) is 9.26. The standard InChI is InChI=1S/C20H22ClN5O/c21-15-5-3-4-13(10-15)11-18-24-20(14-7-8-17(27)16(22)12-14)26(25-18)19-6-1-2-9-23-19/h1-6,9-10,14,16-17,27H,7-8,11-12,22H2/t14-,16+,17+/m0/s1. The molecule has 0 bridgehead atoms. The Balaban J connectivity index is 1.69. The quantitative estimate of drug-likeness (QED) is 0.723. The maximum atomic E-state index is 9.96. The zero-order valence-electron chi connectivity index (χ0n) is 14.9. The third kappa shape index (κ3) is 4.03. The SMILES string of the molecule is N[C@@H]1C[C@@H](c2nc(Cc3cccc(Cl)c3)nn2-c2ccccn2)CC[C@H]1O. The van der Waals surface area contributed by atoms with Crippen molar-refractivity contribution in [1.82, 2.24) is 19.7 Å². The van der Waals surface area contributed by atoms with E-state index in [9.17, 15) is 5.11 Å². The van der Waals surface area contributed by atoms with Gasteiger partial charge in [0.15, 0.2) is 11.6 Å². The van der Waals surface area contributed by atoms with Crippen LogP contribution in [-0.4, -0.2) is 37.0 Å². The maximum Gasteiger partial charge on any atom is 0.155 e. The Morgan fingerprint density at radius 1 is 1.19 bits per heavy atom. The largest absolute Gasteiger partial charge is 0.392 e. The Bertz CT molecular complexity index is 914. The first-order valence-corrected chi connectivity index (χ1v) is 9.53. The molecule has 1 aromatic carbocycles.